The highest BCUT2D eigenvalue weighted by molar-refractivity contribution is 7.03. The first-order valence-corrected chi connectivity index (χ1v) is 11.5. The van der Waals surface area contributed by atoms with Crippen LogP contribution >= 0.6 is 11.5 Å². The van der Waals surface area contributed by atoms with E-state index in [1.165, 1.54) is 6.42 Å². The average molecular weight is 435 g/mol. The van der Waals surface area contributed by atoms with Crippen LogP contribution in [-0.4, -0.2) is 27.4 Å². The van der Waals surface area contributed by atoms with Crippen LogP contribution in [0.3, 0.4) is 0 Å². The van der Waals surface area contributed by atoms with Gasteiger partial charge in [0.15, 0.2) is 5.69 Å². The number of anilines is 1. The Morgan fingerprint density at radius 1 is 1.03 bits per heavy atom. The number of carbonyl (C=O) groups excluding carboxylic acids is 2. The normalized spacial score (nSPS) is 15.3. The van der Waals surface area contributed by atoms with Crippen molar-refractivity contribution in [3.63, 3.8) is 0 Å². The van der Waals surface area contributed by atoms with E-state index in [1.54, 1.807) is 10.3 Å². The van der Waals surface area contributed by atoms with E-state index in [0.717, 1.165) is 48.3 Å². The predicted octanol–water partition coefficient (Wildman–Crippen LogP) is 4.68. The molecule has 1 fully saturated rings. The summed E-state index contributed by atoms with van der Waals surface area (Å²) in [5, 5.41) is 8.80. The highest BCUT2D eigenvalue weighted by atomic mass is 32.1. The zero-order valence-electron chi connectivity index (χ0n) is 17.5. The third-order valence-corrected chi connectivity index (χ3v) is 6.19. The van der Waals surface area contributed by atoms with Crippen molar-refractivity contribution in [1.29, 1.82) is 0 Å². The maximum atomic E-state index is 13.6. The highest BCUT2D eigenvalue weighted by Gasteiger charge is 2.35. The fourth-order valence-electron chi connectivity index (χ4n) is 4.05. The summed E-state index contributed by atoms with van der Waals surface area (Å²) in [4.78, 5) is 28.7. The number of para-hydroxylation sites is 1. The van der Waals surface area contributed by atoms with Crippen LogP contribution in [0.2, 0.25) is 0 Å². The van der Waals surface area contributed by atoms with Crippen LogP contribution in [0.4, 0.5) is 5.69 Å². The minimum Gasteiger partial charge on any atom is -0.351 e. The van der Waals surface area contributed by atoms with Crippen molar-refractivity contribution in [1.82, 2.24) is 14.9 Å². The predicted molar refractivity (Wildman–Crippen MR) is 122 cm³/mol. The van der Waals surface area contributed by atoms with Crippen LogP contribution in [0.15, 0.2) is 60.0 Å². The Kier molecular flexibility index (Phi) is 6.72. The van der Waals surface area contributed by atoms with Gasteiger partial charge >= 0.3 is 0 Å². The quantitative estimate of drug-likeness (QED) is 0.611. The molecule has 0 saturated heterocycles. The lowest BCUT2D eigenvalue weighted by atomic mass is 9.94. The smallest absolute Gasteiger partial charge is 0.280 e. The summed E-state index contributed by atoms with van der Waals surface area (Å²) >= 11 is 1.12. The molecule has 4 rings (SSSR count). The van der Waals surface area contributed by atoms with Crippen molar-refractivity contribution in [2.45, 2.75) is 51.1 Å². The third kappa shape index (κ3) is 4.99. The molecule has 2 aromatic carbocycles. The second kappa shape index (κ2) is 9.83. The number of nitrogens with zero attached hydrogens (tertiary/aromatic N) is 3. The Labute approximate surface area is 186 Å². The van der Waals surface area contributed by atoms with E-state index >= 15 is 0 Å². The van der Waals surface area contributed by atoms with E-state index < -0.39 is 6.04 Å². The molecule has 1 N–H and O–H groups in total. The van der Waals surface area contributed by atoms with Crippen LogP contribution in [0.5, 0.6) is 0 Å². The van der Waals surface area contributed by atoms with Crippen molar-refractivity contribution in [3.05, 3.63) is 76.8 Å². The molecule has 0 radical (unpaired) electrons. The Bertz CT molecular complexity index is 1000. The Balaban J connectivity index is 1.76. The fraction of sp³-hybridized carbons (Fsp3) is 0.333. The molecule has 1 unspecified atom stereocenters. The van der Waals surface area contributed by atoms with Gasteiger partial charge in [0.05, 0.1) is 0 Å². The third-order valence-electron chi connectivity index (χ3n) is 5.68. The molecule has 0 bridgehead atoms. The summed E-state index contributed by atoms with van der Waals surface area (Å²) in [6.07, 6.45) is 5.39. The first kappa shape index (κ1) is 21.2. The van der Waals surface area contributed by atoms with Gasteiger partial charge in [-0.05, 0) is 49.0 Å². The zero-order chi connectivity index (χ0) is 21.6. The molecule has 2 amide bonds. The van der Waals surface area contributed by atoms with Crippen molar-refractivity contribution in [2.75, 3.05) is 4.90 Å². The molecule has 31 heavy (non-hydrogen) atoms. The van der Waals surface area contributed by atoms with Gasteiger partial charge in [-0.2, -0.15) is 0 Å². The lowest BCUT2D eigenvalue weighted by molar-refractivity contribution is -0.123. The lowest BCUT2D eigenvalue weighted by Crippen LogP contribution is -2.47. The van der Waals surface area contributed by atoms with Crippen LogP contribution < -0.4 is 10.2 Å². The van der Waals surface area contributed by atoms with Crippen LogP contribution in [-0.2, 0) is 4.79 Å². The van der Waals surface area contributed by atoms with Crippen molar-refractivity contribution in [3.8, 4) is 0 Å². The molecule has 7 heteroatoms. The molecule has 160 valence electrons. The van der Waals surface area contributed by atoms with E-state index in [1.807, 2.05) is 61.5 Å². The average Bonchev–Trinajstić information content (AvgIpc) is 3.34. The topological polar surface area (TPSA) is 75.2 Å². The van der Waals surface area contributed by atoms with Crippen LogP contribution in [0.25, 0.3) is 0 Å². The molecule has 3 aromatic rings. The SMILES string of the molecule is Cc1ccc(C(C(=O)NC2CCCCC2)N(C(=O)c2csnn2)c2ccccc2)cc1. The molecule has 1 heterocycles. The van der Waals surface area contributed by atoms with Gasteiger partial charge in [0.1, 0.15) is 6.04 Å². The van der Waals surface area contributed by atoms with Gasteiger partial charge in [0.2, 0.25) is 5.91 Å². The van der Waals surface area contributed by atoms with Crippen LogP contribution in [0.1, 0.15) is 59.8 Å². The summed E-state index contributed by atoms with van der Waals surface area (Å²) in [5.41, 5.74) is 2.73. The maximum Gasteiger partial charge on any atom is 0.280 e. The molecule has 0 spiro atoms. The fourth-order valence-corrected chi connectivity index (χ4v) is 4.48. The molecule has 6 nitrogen and oxygen atoms in total. The Hall–Kier alpha value is -3.06. The van der Waals surface area contributed by atoms with E-state index in [0.29, 0.717) is 5.69 Å². The van der Waals surface area contributed by atoms with Gasteiger partial charge in [-0.3, -0.25) is 14.5 Å². The number of hydrogen-bond acceptors (Lipinski definition) is 5. The van der Waals surface area contributed by atoms with Gasteiger partial charge in [-0.25, -0.2) is 0 Å². The summed E-state index contributed by atoms with van der Waals surface area (Å²) in [7, 11) is 0. The largest absolute Gasteiger partial charge is 0.351 e. The molecule has 1 aliphatic carbocycles. The molecule has 0 aliphatic heterocycles. The Morgan fingerprint density at radius 2 is 1.74 bits per heavy atom. The molecule has 1 aromatic heterocycles. The second-order valence-corrected chi connectivity index (χ2v) is 8.57. The summed E-state index contributed by atoms with van der Waals surface area (Å²) in [6.45, 7) is 2.00. The van der Waals surface area contributed by atoms with Crippen molar-refractivity contribution >= 4 is 29.0 Å². The van der Waals surface area contributed by atoms with Crippen molar-refractivity contribution in [2.24, 2.45) is 0 Å². The number of nitrogens with one attached hydrogen (secondary N) is 1. The van der Waals surface area contributed by atoms with E-state index in [4.69, 9.17) is 0 Å². The zero-order valence-corrected chi connectivity index (χ0v) is 18.3. The number of benzene rings is 2. The minimum atomic E-state index is -0.806. The van der Waals surface area contributed by atoms with Crippen LogP contribution in [0, 0.1) is 6.92 Å². The van der Waals surface area contributed by atoms with Gasteiger partial charge in [0.25, 0.3) is 5.91 Å². The van der Waals surface area contributed by atoms with Gasteiger partial charge in [0, 0.05) is 17.1 Å². The summed E-state index contributed by atoms with van der Waals surface area (Å²) in [6, 6.07) is 16.4. The number of aryl methyl sites for hydroxylation is 1. The van der Waals surface area contributed by atoms with E-state index in [9.17, 15) is 9.59 Å². The van der Waals surface area contributed by atoms with Gasteiger partial charge in [-0.15, -0.1) is 5.10 Å². The summed E-state index contributed by atoms with van der Waals surface area (Å²) < 4.78 is 3.85. The lowest BCUT2D eigenvalue weighted by Gasteiger charge is -2.33. The monoisotopic (exact) mass is 434 g/mol. The van der Waals surface area contributed by atoms with Gasteiger partial charge in [-0.1, -0.05) is 71.8 Å². The molecular formula is C24H26N4O2S. The van der Waals surface area contributed by atoms with Crippen molar-refractivity contribution < 1.29 is 9.59 Å². The Morgan fingerprint density at radius 3 is 2.39 bits per heavy atom. The number of carbonyl (C=O) groups is 2. The first-order chi connectivity index (χ1) is 15.1. The highest BCUT2D eigenvalue weighted by Crippen LogP contribution is 2.30. The molecule has 1 saturated carbocycles. The van der Waals surface area contributed by atoms with E-state index in [-0.39, 0.29) is 23.6 Å². The standard InChI is InChI=1S/C24H26N4O2S/c1-17-12-14-18(15-13-17)22(23(29)25-19-8-4-2-5-9-19)28(20-10-6-3-7-11-20)24(30)21-16-31-27-26-21/h3,6-7,10-16,19,22H,2,4-5,8-9H2,1H3,(H,25,29). The molecular weight excluding hydrogens is 408 g/mol. The first-order valence-electron chi connectivity index (χ1n) is 10.7. The van der Waals surface area contributed by atoms with Gasteiger partial charge < -0.3 is 5.32 Å². The number of rotatable bonds is 6. The molecule has 1 aliphatic rings. The number of aromatic nitrogens is 2. The number of amides is 2. The number of hydrogen-bond donors (Lipinski definition) is 1. The maximum absolute atomic E-state index is 13.6. The minimum absolute atomic E-state index is 0.142. The second-order valence-electron chi connectivity index (χ2n) is 7.96. The summed E-state index contributed by atoms with van der Waals surface area (Å²) in [5.74, 6) is -0.513. The van der Waals surface area contributed by atoms with E-state index in [2.05, 4.69) is 14.9 Å². The molecule has 1 atom stereocenters.